The van der Waals surface area contributed by atoms with Crippen molar-refractivity contribution < 1.29 is 14.3 Å². The normalized spacial score (nSPS) is 12.9. The van der Waals surface area contributed by atoms with E-state index in [1.54, 1.807) is 5.38 Å². The molecule has 100 valence electrons. The molecule has 5 nitrogen and oxygen atoms in total. The minimum absolute atomic E-state index is 0.329. The lowest BCUT2D eigenvalue weighted by molar-refractivity contribution is -0.145. The zero-order valence-corrected chi connectivity index (χ0v) is 12.1. The van der Waals surface area contributed by atoms with Crippen molar-refractivity contribution in [1.82, 2.24) is 10.3 Å². The van der Waals surface area contributed by atoms with Crippen molar-refractivity contribution in [2.75, 3.05) is 7.11 Å². The molecular formula is C12H18N2O3S. The average molecular weight is 270 g/mol. The summed E-state index contributed by atoms with van der Waals surface area (Å²) in [6.07, 6.45) is 0. The molecule has 0 aromatic carbocycles. The van der Waals surface area contributed by atoms with E-state index in [9.17, 15) is 9.59 Å². The Bertz CT molecular complexity index is 448. The van der Waals surface area contributed by atoms with Gasteiger partial charge in [0, 0.05) is 5.38 Å². The Balaban J connectivity index is 2.85. The second kappa shape index (κ2) is 5.48. The summed E-state index contributed by atoms with van der Waals surface area (Å²) >= 11 is 1.39. The van der Waals surface area contributed by atoms with Crippen LogP contribution in [0.4, 0.5) is 0 Å². The fraction of sp³-hybridized carbons (Fsp3) is 0.583. The Morgan fingerprint density at radius 1 is 1.44 bits per heavy atom. The maximum absolute atomic E-state index is 12.0. The van der Waals surface area contributed by atoms with Gasteiger partial charge in [-0.25, -0.2) is 9.78 Å². The van der Waals surface area contributed by atoms with E-state index in [2.05, 4.69) is 10.3 Å². The van der Waals surface area contributed by atoms with Crippen molar-refractivity contribution in [3.63, 3.8) is 0 Å². The Morgan fingerprint density at radius 3 is 2.44 bits per heavy atom. The van der Waals surface area contributed by atoms with E-state index >= 15 is 0 Å². The van der Waals surface area contributed by atoms with Crippen LogP contribution in [0.15, 0.2) is 5.38 Å². The van der Waals surface area contributed by atoms with E-state index in [0.717, 1.165) is 5.01 Å². The zero-order chi connectivity index (χ0) is 13.9. The molecular weight excluding hydrogens is 252 g/mol. The second-order valence-electron chi connectivity index (χ2n) is 5.05. The highest BCUT2D eigenvalue weighted by Crippen LogP contribution is 2.21. The lowest BCUT2D eigenvalue weighted by atomic mass is 9.86. The number of hydrogen-bond donors (Lipinski definition) is 1. The molecule has 0 aliphatic heterocycles. The Kier molecular flexibility index (Phi) is 4.45. The Morgan fingerprint density at radius 2 is 2.06 bits per heavy atom. The first-order valence-electron chi connectivity index (χ1n) is 5.56. The van der Waals surface area contributed by atoms with Crippen molar-refractivity contribution >= 4 is 23.2 Å². The van der Waals surface area contributed by atoms with Gasteiger partial charge in [-0.3, -0.25) is 4.79 Å². The average Bonchev–Trinajstić information content (AvgIpc) is 2.70. The summed E-state index contributed by atoms with van der Waals surface area (Å²) in [5.41, 5.74) is -0.0935. The van der Waals surface area contributed by atoms with Crippen LogP contribution in [0.25, 0.3) is 0 Å². The first-order valence-corrected chi connectivity index (χ1v) is 6.44. The van der Waals surface area contributed by atoms with E-state index in [-0.39, 0.29) is 5.91 Å². The van der Waals surface area contributed by atoms with Crippen molar-refractivity contribution in [2.24, 2.45) is 5.41 Å². The molecule has 0 spiro atoms. The molecule has 1 amide bonds. The van der Waals surface area contributed by atoms with Crippen molar-refractivity contribution in [2.45, 2.75) is 33.7 Å². The quantitative estimate of drug-likeness (QED) is 0.850. The molecule has 0 unspecified atom stereocenters. The largest absolute Gasteiger partial charge is 0.467 e. The molecule has 1 rings (SSSR count). The summed E-state index contributed by atoms with van der Waals surface area (Å²) in [6, 6.07) is -0.697. The molecule has 1 atom stereocenters. The molecule has 0 bridgehead atoms. The lowest BCUT2D eigenvalue weighted by Gasteiger charge is -2.28. The van der Waals surface area contributed by atoms with Crippen LogP contribution in [0.3, 0.4) is 0 Å². The van der Waals surface area contributed by atoms with E-state index in [1.165, 1.54) is 18.4 Å². The highest BCUT2D eigenvalue weighted by atomic mass is 32.1. The summed E-state index contributed by atoms with van der Waals surface area (Å²) in [5, 5.41) is 5.15. The molecule has 1 N–H and O–H groups in total. The number of esters is 1. The van der Waals surface area contributed by atoms with Gasteiger partial charge in [0.2, 0.25) is 0 Å². The molecule has 0 saturated heterocycles. The van der Waals surface area contributed by atoms with E-state index in [0.29, 0.717) is 5.69 Å². The molecule has 1 aromatic heterocycles. The van der Waals surface area contributed by atoms with Crippen LogP contribution < -0.4 is 5.32 Å². The van der Waals surface area contributed by atoms with E-state index in [4.69, 9.17) is 4.74 Å². The predicted octanol–water partition coefficient (Wildman–Crippen LogP) is 1.77. The van der Waals surface area contributed by atoms with Gasteiger partial charge in [0.05, 0.1) is 12.1 Å². The summed E-state index contributed by atoms with van der Waals surface area (Å²) in [6.45, 7) is 7.41. The summed E-state index contributed by atoms with van der Waals surface area (Å²) in [4.78, 5) is 27.7. The second-order valence-corrected chi connectivity index (χ2v) is 6.11. The number of thiazole rings is 1. The molecule has 0 radical (unpaired) electrons. The number of carbonyl (C=O) groups is 2. The highest BCUT2D eigenvalue weighted by molar-refractivity contribution is 7.09. The summed E-state index contributed by atoms with van der Waals surface area (Å²) in [5.74, 6) is -0.813. The number of amides is 1. The van der Waals surface area contributed by atoms with Crippen LogP contribution in [0, 0.1) is 12.3 Å². The minimum Gasteiger partial charge on any atom is -0.467 e. The first kappa shape index (κ1) is 14.6. The topological polar surface area (TPSA) is 68.3 Å². The molecule has 0 aliphatic rings. The summed E-state index contributed by atoms with van der Waals surface area (Å²) < 4.78 is 4.71. The SMILES string of the molecule is COC(=O)[C@@H](NC(=O)c1csc(C)n1)C(C)(C)C. The molecule has 0 fully saturated rings. The van der Waals surface area contributed by atoms with E-state index in [1.807, 2.05) is 27.7 Å². The van der Waals surface area contributed by atoms with Gasteiger partial charge in [0.15, 0.2) is 0 Å². The predicted molar refractivity (Wildman–Crippen MR) is 69.6 cm³/mol. The van der Waals surface area contributed by atoms with Crippen molar-refractivity contribution in [3.05, 3.63) is 16.1 Å². The van der Waals surface area contributed by atoms with Gasteiger partial charge < -0.3 is 10.1 Å². The summed E-state index contributed by atoms with van der Waals surface area (Å²) in [7, 11) is 1.31. The smallest absolute Gasteiger partial charge is 0.328 e. The third kappa shape index (κ3) is 3.53. The van der Waals surface area contributed by atoms with Crippen LogP contribution in [0.5, 0.6) is 0 Å². The number of nitrogens with one attached hydrogen (secondary N) is 1. The van der Waals surface area contributed by atoms with Gasteiger partial charge in [-0.1, -0.05) is 20.8 Å². The van der Waals surface area contributed by atoms with Crippen molar-refractivity contribution in [1.29, 1.82) is 0 Å². The third-order valence-corrected chi connectivity index (χ3v) is 3.20. The van der Waals surface area contributed by atoms with Crippen LogP contribution in [-0.4, -0.2) is 30.0 Å². The maximum atomic E-state index is 12.0. The number of ether oxygens (including phenoxy) is 1. The molecule has 1 heterocycles. The number of rotatable bonds is 3. The van der Waals surface area contributed by atoms with Gasteiger partial charge in [0.1, 0.15) is 11.7 Å². The van der Waals surface area contributed by atoms with Gasteiger partial charge in [-0.05, 0) is 12.3 Å². The maximum Gasteiger partial charge on any atom is 0.328 e. The van der Waals surface area contributed by atoms with Crippen LogP contribution in [0.1, 0.15) is 36.3 Å². The fourth-order valence-corrected chi connectivity index (χ4v) is 2.01. The van der Waals surface area contributed by atoms with Gasteiger partial charge >= 0.3 is 5.97 Å². The number of nitrogens with zero attached hydrogens (tertiary/aromatic N) is 1. The fourth-order valence-electron chi connectivity index (χ4n) is 1.42. The van der Waals surface area contributed by atoms with Crippen molar-refractivity contribution in [3.8, 4) is 0 Å². The van der Waals surface area contributed by atoms with Crippen LogP contribution in [0.2, 0.25) is 0 Å². The monoisotopic (exact) mass is 270 g/mol. The van der Waals surface area contributed by atoms with Crippen LogP contribution >= 0.6 is 11.3 Å². The first-order chi connectivity index (χ1) is 8.25. The third-order valence-electron chi connectivity index (χ3n) is 2.43. The molecule has 6 heteroatoms. The zero-order valence-electron chi connectivity index (χ0n) is 11.2. The molecule has 0 aliphatic carbocycles. The van der Waals surface area contributed by atoms with E-state index < -0.39 is 17.4 Å². The minimum atomic E-state index is -0.697. The van der Waals surface area contributed by atoms with Gasteiger partial charge in [-0.2, -0.15) is 0 Å². The molecule has 0 saturated carbocycles. The lowest BCUT2D eigenvalue weighted by Crippen LogP contribution is -2.49. The standard InChI is InChI=1S/C12H18N2O3S/c1-7-13-8(6-18-7)10(15)14-9(11(16)17-5)12(2,3)4/h6,9H,1-5H3,(H,14,15)/t9-/m1/s1. The van der Waals surface area contributed by atoms with Gasteiger partial charge in [0.25, 0.3) is 5.91 Å². The molecule has 1 aromatic rings. The Hall–Kier alpha value is -1.43. The number of aromatic nitrogens is 1. The Labute approximate surface area is 111 Å². The number of aryl methyl sites for hydroxylation is 1. The number of methoxy groups -OCH3 is 1. The highest BCUT2D eigenvalue weighted by Gasteiger charge is 2.34. The molecule has 18 heavy (non-hydrogen) atoms. The van der Waals surface area contributed by atoms with Gasteiger partial charge in [-0.15, -0.1) is 11.3 Å². The van der Waals surface area contributed by atoms with Crippen LogP contribution in [-0.2, 0) is 9.53 Å². The number of hydrogen-bond acceptors (Lipinski definition) is 5. The number of carbonyl (C=O) groups excluding carboxylic acids is 2.